The van der Waals surface area contributed by atoms with Crippen LogP contribution in [0.2, 0.25) is 0 Å². The van der Waals surface area contributed by atoms with Gasteiger partial charge in [0, 0.05) is 24.5 Å². The van der Waals surface area contributed by atoms with Crippen molar-refractivity contribution in [2.75, 3.05) is 44.5 Å². The van der Waals surface area contributed by atoms with Crippen LogP contribution in [0.25, 0.3) is 5.69 Å². The Kier molecular flexibility index (Phi) is 7.23. The van der Waals surface area contributed by atoms with Crippen molar-refractivity contribution in [2.24, 2.45) is 0 Å². The lowest BCUT2D eigenvalue weighted by Crippen LogP contribution is -2.41. The number of hydrogen-bond acceptors (Lipinski definition) is 7. The molecule has 0 atom stereocenters. The largest absolute Gasteiger partial charge is 0.497 e. The minimum absolute atomic E-state index is 0.0496. The zero-order valence-corrected chi connectivity index (χ0v) is 18.5. The van der Waals surface area contributed by atoms with Gasteiger partial charge in [-0.15, -0.1) is 10.2 Å². The molecule has 1 fully saturated rings. The average molecular weight is 458 g/mol. The van der Waals surface area contributed by atoms with Crippen LogP contribution in [-0.2, 0) is 16.1 Å². The summed E-state index contributed by atoms with van der Waals surface area (Å²) in [5.41, 5.74) is 1.63. The molecule has 1 aliphatic rings. The Morgan fingerprint density at radius 2 is 1.84 bits per heavy atom. The second-order valence-electron chi connectivity index (χ2n) is 7.07. The third-order valence-electron chi connectivity index (χ3n) is 5.01. The van der Waals surface area contributed by atoms with Crippen molar-refractivity contribution in [3.05, 3.63) is 60.2 Å². The molecule has 1 N–H and O–H groups in total. The van der Waals surface area contributed by atoms with E-state index in [1.54, 1.807) is 19.2 Å². The Morgan fingerprint density at radius 3 is 2.53 bits per heavy atom. The number of nitrogens with one attached hydrogen (secondary N) is 1. The summed E-state index contributed by atoms with van der Waals surface area (Å²) in [7, 11) is 1.62. The number of nitrogens with zero attached hydrogens (tertiary/aromatic N) is 4. The molecule has 0 unspecified atom stereocenters. The zero-order valence-electron chi connectivity index (χ0n) is 17.7. The summed E-state index contributed by atoms with van der Waals surface area (Å²) in [6.45, 7) is 2.73. The number of halogens is 1. The lowest BCUT2D eigenvalue weighted by molar-refractivity contribution is -0.132. The van der Waals surface area contributed by atoms with Crippen molar-refractivity contribution in [3.8, 4) is 11.4 Å². The zero-order chi connectivity index (χ0) is 22.3. The number of anilines is 1. The van der Waals surface area contributed by atoms with Crippen LogP contribution in [0.4, 0.5) is 10.1 Å². The van der Waals surface area contributed by atoms with Crippen molar-refractivity contribution in [1.29, 1.82) is 0 Å². The number of rotatable bonds is 8. The molecular weight excluding hydrogens is 433 g/mol. The first-order valence-electron chi connectivity index (χ1n) is 10.2. The fourth-order valence-electron chi connectivity index (χ4n) is 3.28. The predicted molar refractivity (Wildman–Crippen MR) is 120 cm³/mol. The van der Waals surface area contributed by atoms with Gasteiger partial charge in [0.15, 0.2) is 11.0 Å². The van der Waals surface area contributed by atoms with Gasteiger partial charge in [0.2, 0.25) is 5.91 Å². The molecule has 168 valence electrons. The Balaban J connectivity index is 1.53. The SMILES string of the molecule is COc1ccc(-n2c(CNc3ccc(F)cc3)nnc2SCC(=O)N2CCOCC2)cc1. The number of benzene rings is 2. The fourth-order valence-corrected chi connectivity index (χ4v) is 4.15. The first kappa shape index (κ1) is 22.1. The average Bonchev–Trinajstić information content (AvgIpc) is 3.25. The van der Waals surface area contributed by atoms with E-state index in [2.05, 4.69) is 15.5 Å². The molecule has 1 saturated heterocycles. The molecule has 0 saturated carbocycles. The highest BCUT2D eigenvalue weighted by Crippen LogP contribution is 2.25. The maximum atomic E-state index is 13.2. The summed E-state index contributed by atoms with van der Waals surface area (Å²) in [6.07, 6.45) is 0. The number of carbonyl (C=O) groups is 1. The van der Waals surface area contributed by atoms with Gasteiger partial charge in [0.1, 0.15) is 11.6 Å². The topological polar surface area (TPSA) is 81.5 Å². The predicted octanol–water partition coefficient (Wildman–Crippen LogP) is 2.98. The van der Waals surface area contributed by atoms with E-state index in [1.807, 2.05) is 33.7 Å². The highest BCUT2D eigenvalue weighted by atomic mass is 32.2. The summed E-state index contributed by atoms with van der Waals surface area (Å²) in [5, 5.41) is 12.5. The van der Waals surface area contributed by atoms with Gasteiger partial charge in [-0.2, -0.15) is 0 Å². The van der Waals surface area contributed by atoms with Crippen molar-refractivity contribution in [3.63, 3.8) is 0 Å². The summed E-state index contributed by atoms with van der Waals surface area (Å²) in [4.78, 5) is 14.4. The molecule has 0 bridgehead atoms. The number of aromatic nitrogens is 3. The van der Waals surface area contributed by atoms with Crippen molar-refractivity contribution >= 4 is 23.4 Å². The third-order valence-corrected chi connectivity index (χ3v) is 5.93. The lowest BCUT2D eigenvalue weighted by atomic mass is 10.3. The second kappa shape index (κ2) is 10.5. The van der Waals surface area contributed by atoms with Crippen LogP contribution in [0.15, 0.2) is 53.7 Å². The van der Waals surface area contributed by atoms with E-state index < -0.39 is 0 Å². The fraction of sp³-hybridized carbons (Fsp3) is 0.318. The molecule has 0 aliphatic carbocycles. The quantitative estimate of drug-likeness (QED) is 0.521. The molecule has 2 heterocycles. The summed E-state index contributed by atoms with van der Waals surface area (Å²) in [5.74, 6) is 1.43. The van der Waals surface area contributed by atoms with E-state index in [1.165, 1.54) is 23.9 Å². The molecule has 32 heavy (non-hydrogen) atoms. The van der Waals surface area contributed by atoms with Gasteiger partial charge < -0.3 is 19.7 Å². The van der Waals surface area contributed by atoms with Gasteiger partial charge in [-0.25, -0.2) is 4.39 Å². The minimum Gasteiger partial charge on any atom is -0.497 e. The number of carbonyl (C=O) groups excluding carboxylic acids is 1. The first-order valence-corrected chi connectivity index (χ1v) is 11.2. The number of morpholine rings is 1. The third kappa shape index (κ3) is 5.38. The molecule has 1 amide bonds. The lowest BCUT2D eigenvalue weighted by Gasteiger charge is -2.26. The standard InChI is InChI=1S/C22H24FN5O3S/c1-30-19-8-6-18(7-9-19)28-20(14-24-17-4-2-16(23)3-5-17)25-26-22(28)32-15-21(29)27-10-12-31-13-11-27/h2-9,24H,10-15H2,1H3. The molecule has 4 rings (SSSR count). The van der Waals surface area contributed by atoms with Crippen molar-refractivity contribution in [1.82, 2.24) is 19.7 Å². The molecule has 1 aromatic heterocycles. The van der Waals surface area contributed by atoms with Crippen LogP contribution < -0.4 is 10.1 Å². The molecule has 10 heteroatoms. The van der Waals surface area contributed by atoms with E-state index in [9.17, 15) is 9.18 Å². The maximum absolute atomic E-state index is 13.2. The molecule has 2 aromatic carbocycles. The second-order valence-corrected chi connectivity index (χ2v) is 8.02. The number of amides is 1. The molecule has 0 spiro atoms. The van der Waals surface area contributed by atoms with Gasteiger partial charge in [0.25, 0.3) is 0 Å². The Bertz CT molecular complexity index is 1040. The highest BCUT2D eigenvalue weighted by molar-refractivity contribution is 7.99. The van der Waals surface area contributed by atoms with Gasteiger partial charge in [-0.1, -0.05) is 11.8 Å². The smallest absolute Gasteiger partial charge is 0.233 e. The van der Waals surface area contributed by atoms with E-state index in [4.69, 9.17) is 9.47 Å². The van der Waals surface area contributed by atoms with Crippen LogP contribution >= 0.6 is 11.8 Å². The van der Waals surface area contributed by atoms with Gasteiger partial charge in [0.05, 0.1) is 32.6 Å². The molecule has 8 nitrogen and oxygen atoms in total. The number of hydrogen-bond donors (Lipinski definition) is 1. The van der Waals surface area contributed by atoms with E-state index in [0.717, 1.165) is 17.1 Å². The van der Waals surface area contributed by atoms with E-state index in [-0.39, 0.29) is 17.5 Å². The minimum atomic E-state index is -0.291. The van der Waals surface area contributed by atoms with Gasteiger partial charge in [-0.05, 0) is 48.5 Å². The first-order chi connectivity index (χ1) is 15.6. The van der Waals surface area contributed by atoms with Crippen LogP contribution in [0, 0.1) is 5.82 Å². The molecule has 0 radical (unpaired) electrons. The maximum Gasteiger partial charge on any atom is 0.233 e. The van der Waals surface area contributed by atoms with Gasteiger partial charge >= 0.3 is 0 Å². The number of ether oxygens (including phenoxy) is 2. The van der Waals surface area contributed by atoms with Crippen molar-refractivity contribution < 1.29 is 18.7 Å². The molecule has 3 aromatic rings. The Labute approximate surface area is 189 Å². The summed E-state index contributed by atoms with van der Waals surface area (Å²) in [6, 6.07) is 13.7. The van der Waals surface area contributed by atoms with Crippen molar-refractivity contribution in [2.45, 2.75) is 11.7 Å². The monoisotopic (exact) mass is 457 g/mol. The van der Waals surface area contributed by atoms with E-state index in [0.29, 0.717) is 43.8 Å². The number of methoxy groups -OCH3 is 1. The Morgan fingerprint density at radius 1 is 1.12 bits per heavy atom. The Hall–Kier alpha value is -3.11. The normalized spacial score (nSPS) is 13.8. The van der Waals surface area contributed by atoms with Gasteiger partial charge in [-0.3, -0.25) is 9.36 Å². The summed E-state index contributed by atoms with van der Waals surface area (Å²) >= 11 is 1.35. The highest BCUT2D eigenvalue weighted by Gasteiger charge is 2.20. The number of thioether (sulfide) groups is 1. The van der Waals surface area contributed by atoms with Crippen LogP contribution in [0.3, 0.4) is 0 Å². The summed E-state index contributed by atoms with van der Waals surface area (Å²) < 4.78 is 25.7. The van der Waals surface area contributed by atoms with Crippen LogP contribution in [0.1, 0.15) is 5.82 Å². The van der Waals surface area contributed by atoms with Crippen LogP contribution in [-0.4, -0.2) is 64.7 Å². The molecule has 1 aliphatic heterocycles. The van der Waals surface area contributed by atoms with E-state index >= 15 is 0 Å². The van der Waals surface area contributed by atoms with Crippen LogP contribution in [0.5, 0.6) is 5.75 Å². The molecular formula is C22H24FN5O3S.